The Labute approximate surface area is 195 Å². The second-order valence-corrected chi connectivity index (χ2v) is 8.38. The summed E-state index contributed by atoms with van der Waals surface area (Å²) < 4.78 is 5.36. The molecule has 33 heavy (non-hydrogen) atoms. The number of nitrogens with zero attached hydrogens (tertiary/aromatic N) is 1. The normalized spacial score (nSPS) is 14.2. The quantitative estimate of drug-likeness (QED) is 0.591. The number of para-hydroxylation sites is 1. The van der Waals surface area contributed by atoms with Crippen molar-refractivity contribution in [1.82, 2.24) is 10.2 Å². The zero-order valence-corrected chi connectivity index (χ0v) is 18.9. The van der Waals surface area contributed by atoms with E-state index in [4.69, 9.17) is 4.74 Å². The number of ether oxygens (including phenoxy) is 1. The standard InChI is InChI=1S/C28H30N2O3/c1-33-25-15-9-8-14-24(25)20-29-27(31)23-16-18-30(19-17-23)28(32)26(21-10-4-2-5-11-21)22-12-6-3-7-13-22/h2-15,23,26H,16-20H2,1H3,(H,29,31). The lowest BCUT2D eigenvalue weighted by molar-refractivity contribution is -0.136. The van der Waals surface area contributed by atoms with Crippen LogP contribution in [0.2, 0.25) is 0 Å². The molecule has 0 bridgehead atoms. The van der Waals surface area contributed by atoms with Crippen molar-refractivity contribution in [2.45, 2.75) is 25.3 Å². The number of hydrogen-bond donors (Lipinski definition) is 1. The van der Waals surface area contributed by atoms with E-state index in [1.807, 2.05) is 89.8 Å². The summed E-state index contributed by atoms with van der Waals surface area (Å²) in [5, 5.41) is 3.04. The zero-order valence-electron chi connectivity index (χ0n) is 18.9. The number of likely N-dealkylation sites (tertiary alicyclic amines) is 1. The van der Waals surface area contributed by atoms with Crippen LogP contribution in [0, 0.1) is 5.92 Å². The molecular weight excluding hydrogens is 412 g/mol. The third kappa shape index (κ3) is 5.43. The highest BCUT2D eigenvalue weighted by Gasteiger charge is 2.32. The molecule has 2 amide bonds. The van der Waals surface area contributed by atoms with Gasteiger partial charge in [-0.3, -0.25) is 9.59 Å². The van der Waals surface area contributed by atoms with E-state index in [2.05, 4.69) is 5.32 Å². The molecule has 170 valence electrons. The molecule has 0 saturated carbocycles. The number of nitrogens with one attached hydrogen (secondary N) is 1. The fourth-order valence-electron chi connectivity index (χ4n) is 4.49. The van der Waals surface area contributed by atoms with Gasteiger partial charge in [0, 0.05) is 31.1 Å². The molecule has 1 aliphatic heterocycles. The predicted molar refractivity (Wildman–Crippen MR) is 129 cm³/mol. The molecule has 0 radical (unpaired) electrons. The molecule has 1 heterocycles. The maximum atomic E-state index is 13.6. The first kappa shape index (κ1) is 22.6. The van der Waals surface area contributed by atoms with Crippen molar-refractivity contribution >= 4 is 11.8 Å². The van der Waals surface area contributed by atoms with Crippen molar-refractivity contribution in [2.24, 2.45) is 5.92 Å². The SMILES string of the molecule is COc1ccccc1CNC(=O)C1CCN(C(=O)C(c2ccccc2)c2ccccc2)CC1. The topological polar surface area (TPSA) is 58.6 Å². The first-order valence-corrected chi connectivity index (χ1v) is 11.5. The van der Waals surface area contributed by atoms with Gasteiger partial charge in [-0.05, 0) is 30.0 Å². The number of amides is 2. The highest BCUT2D eigenvalue weighted by molar-refractivity contribution is 5.87. The van der Waals surface area contributed by atoms with Crippen LogP contribution in [0.25, 0.3) is 0 Å². The summed E-state index contributed by atoms with van der Waals surface area (Å²) in [5.74, 6) is 0.487. The van der Waals surface area contributed by atoms with Gasteiger partial charge in [-0.25, -0.2) is 0 Å². The van der Waals surface area contributed by atoms with Crippen LogP contribution in [0.4, 0.5) is 0 Å². The molecular formula is C28H30N2O3. The monoisotopic (exact) mass is 442 g/mol. The van der Waals surface area contributed by atoms with Gasteiger partial charge in [0.2, 0.25) is 11.8 Å². The Morgan fingerprint density at radius 1 is 0.879 bits per heavy atom. The molecule has 1 fully saturated rings. The van der Waals surface area contributed by atoms with Crippen molar-refractivity contribution in [3.8, 4) is 5.75 Å². The molecule has 4 rings (SSSR count). The van der Waals surface area contributed by atoms with Gasteiger partial charge in [0.15, 0.2) is 0 Å². The van der Waals surface area contributed by atoms with Crippen LogP contribution < -0.4 is 10.1 Å². The molecule has 0 spiro atoms. The maximum absolute atomic E-state index is 13.6. The molecule has 3 aromatic carbocycles. The van der Waals surface area contributed by atoms with Gasteiger partial charge in [0.25, 0.3) is 0 Å². The molecule has 0 aliphatic carbocycles. The Balaban J connectivity index is 1.38. The van der Waals surface area contributed by atoms with E-state index in [0.717, 1.165) is 22.4 Å². The summed E-state index contributed by atoms with van der Waals surface area (Å²) in [6, 6.07) is 27.5. The number of benzene rings is 3. The minimum atomic E-state index is -0.330. The Bertz CT molecular complexity index is 1020. The molecule has 0 unspecified atom stereocenters. The summed E-state index contributed by atoms with van der Waals surface area (Å²) in [7, 11) is 1.63. The molecule has 0 atom stereocenters. The second-order valence-electron chi connectivity index (χ2n) is 8.38. The van der Waals surface area contributed by atoms with E-state index in [1.165, 1.54) is 0 Å². The van der Waals surface area contributed by atoms with Crippen LogP contribution in [0.5, 0.6) is 5.75 Å². The summed E-state index contributed by atoms with van der Waals surface area (Å²) in [6.45, 7) is 1.61. The summed E-state index contributed by atoms with van der Waals surface area (Å²) >= 11 is 0. The molecule has 5 nitrogen and oxygen atoms in total. The first-order valence-electron chi connectivity index (χ1n) is 11.5. The summed E-state index contributed by atoms with van der Waals surface area (Å²) in [6.07, 6.45) is 1.33. The lowest BCUT2D eigenvalue weighted by Gasteiger charge is -2.34. The van der Waals surface area contributed by atoms with E-state index in [-0.39, 0.29) is 23.7 Å². The molecule has 5 heteroatoms. The number of piperidine rings is 1. The van der Waals surface area contributed by atoms with Crippen molar-refractivity contribution in [2.75, 3.05) is 20.2 Å². The Morgan fingerprint density at radius 3 is 2.00 bits per heavy atom. The van der Waals surface area contributed by atoms with Crippen LogP contribution in [0.1, 0.15) is 35.4 Å². The average molecular weight is 443 g/mol. The molecule has 1 N–H and O–H groups in total. The van der Waals surface area contributed by atoms with Crippen LogP contribution >= 0.6 is 0 Å². The number of rotatable bonds is 7. The fourth-order valence-corrected chi connectivity index (χ4v) is 4.49. The number of carbonyl (C=O) groups is 2. The highest BCUT2D eigenvalue weighted by Crippen LogP contribution is 2.29. The van der Waals surface area contributed by atoms with Gasteiger partial charge < -0.3 is 15.0 Å². The van der Waals surface area contributed by atoms with E-state index in [1.54, 1.807) is 7.11 Å². The van der Waals surface area contributed by atoms with Crippen molar-refractivity contribution < 1.29 is 14.3 Å². The molecule has 0 aromatic heterocycles. The Kier molecular flexibility index (Phi) is 7.40. The highest BCUT2D eigenvalue weighted by atomic mass is 16.5. The van der Waals surface area contributed by atoms with Crippen molar-refractivity contribution in [3.63, 3.8) is 0 Å². The Morgan fingerprint density at radius 2 is 1.42 bits per heavy atom. The van der Waals surface area contributed by atoms with E-state index < -0.39 is 0 Å². The summed E-state index contributed by atoms with van der Waals surface area (Å²) in [4.78, 5) is 28.2. The molecule has 1 aliphatic rings. The van der Waals surface area contributed by atoms with Crippen LogP contribution in [0.15, 0.2) is 84.9 Å². The third-order valence-electron chi connectivity index (χ3n) is 6.34. The van der Waals surface area contributed by atoms with Crippen LogP contribution in [0.3, 0.4) is 0 Å². The van der Waals surface area contributed by atoms with Crippen molar-refractivity contribution in [1.29, 1.82) is 0 Å². The number of hydrogen-bond acceptors (Lipinski definition) is 3. The average Bonchev–Trinajstić information content (AvgIpc) is 2.89. The lowest BCUT2D eigenvalue weighted by Crippen LogP contribution is -2.44. The van der Waals surface area contributed by atoms with Gasteiger partial charge in [0.05, 0.1) is 13.0 Å². The molecule has 3 aromatic rings. The van der Waals surface area contributed by atoms with Crippen LogP contribution in [-0.2, 0) is 16.1 Å². The first-order chi connectivity index (χ1) is 16.2. The lowest BCUT2D eigenvalue weighted by atomic mass is 9.88. The second kappa shape index (κ2) is 10.8. The van der Waals surface area contributed by atoms with E-state index in [0.29, 0.717) is 32.5 Å². The van der Waals surface area contributed by atoms with Gasteiger partial charge in [0.1, 0.15) is 5.75 Å². The van der Waals surface area contributed by atoms with E-state index >= 15 is 0 Å². The minimum absolute atomic E-state index is 0.0377. The predicted octanol–water partition coefficient (Wildman–Crippen LogP) is 4.38. The van der Waals surface area contributed by atoms with Gasteiger partial charge in [-0.15, -0.1) is 0 Å². The van der Waals surface area contributed by atoms with Gasteiger partial charge in [-0.1, -0.05) is 78.9 Å². The smallest absolute Gasteiger partial charge is 0.234 e. The minimum Gasteiger partial charge on any atom is -0.496 e. The number of methoxy groups -OCH3 is 1. The Hall–Kier alpha value is -3.60. The fraction of sp³-hybridized carbons (Fsp3) is 0.286. The van der Waals surface area contributed by atoms with Gasteiger partial charge >= 0.3 is 0 Å². The maximum Gasteiger partial charge on any atom is 0.234 e. The summed E-state index contributed by atoms with van der Waals surface area (Å²) in [5.41, 5.74) is 2.94. The third-order valence-corrected chi connectivity index (χ3v) is 6.34. The largest absolute Gasteiger partial charge is 0.496 e. The van der Waals surface area contributed by atoms with Crippen LogP contribution in [-0.4, -0.2) is 36.9 Å². The zero-order chi connectivity index (χ0) is 23.0. The van der Waals surface area contributed by atoms with E-state index in [9.17, 15) is 9.59 Å². The number of carbonyl (C=O) groups excluding carboxylic acids is 2. The van der Waals surface area contributed by atoms with Gasteiger partial charge in [-0.2, -0.15) is 0 Å². The van der Waals surface area contributed by atoms with Crippen molar-refractivity contribution in [3.05, 3.63) is 102 Å². The molecule has 1 saturated heterocycles.